The van der Waals surface area contributed by atoms with Crippen molar-refractivity contribution in [2.45, 2.75) is 31.1 Å². The van der Waals surface area contributed by atoms with E-state index in [1.54, 1.807) is 11.3 Å². The summed E-state index contributed by atoms with van der Waals surface area (Å²) in [4.78, 5) is 13.0. The third kappa shape index (κ3) is 2.19. The van der Waals surface area contributed by atoms with Crippen LogP contribution in [-0.2, 0) is 5.41 Å². The minimum atomic E-state index is -0.301. The number of carbonyl (C=O) groups excluding carboxylic acids is 1. The molecule has 0 bridgehead atoms. The maximum absolute atomic E-state index is 13.0. The first-order valence-electron chi connectivity index (χ1n) is 6.56. The van der Waals surface area contributed by atoms with Crippen LogP contribution in [0.5, 0.6) is 0 Å². The summed E-state index contributed by atoms with van der Waals surface area (Å²) in [5.41, 5.74) is 1.72. The summed E-state index contributed by atoms with van der Waals surface area (Å²) in [7, 11) is 0. The predicted molar refractivity (Wildman–Crippen MR) is 82.9 cm³/mol. The van der Waals surface area contributed by atoms with E-state index in [1.807, 2.05) is 29.0 Å². The van der Waals surface area contributed by atoms with Crippen molar-refractivity contribution in [1.29, 1.82) is 0 Å². The molecular formula is C16H15BrOS. The molecule has 3 heteroatoms. The molecule has 1 heterocycles. The molecule has 0 amide bonds. The Labute approximate surface area is 125 Å². The Hall–Kier alpha value is -0.930. The van der Waals surface area contributed by atoms with Crippen LogP contribution in [0.1, 0.15) is 41.6 Å². The number of halogens is 1. The molecule has 1 aliphatic rings. The lowest BCUT2D eigenvalue weighted by Crippen LogP contribution is -2.32. The minimum absolute atomic E-state index is 0.282. The summed E-state index contributed by atoms with van der Waals surface area (Å²) in [6.07, 6.45) is 4.22. The molecule has 0 unspecified atom stereocenters. The summed E-state index contributed by atoms with van der Waals surface area (Å²) >= 11 is 5.08. The lowest BCUT2D eigenvalue weighted by atomic mass is 9.73. The number of rotatable bonds is 3. The van der Waals surface area contributed by atoms with Crippen LogP contribution in [0, 0.1) is 0 Å². The highest BCUT2D eigenvalue weighted by Crippen LogP contribution is 2.44. The fraction of sp³-hybridized carbons (Fsp3) is 0.312. The van der Waals surface area contributed by atoms with E-state index in [9.17, 15) is 4.79 Å². The molecule has 1 aromatic heterocycles. The molecule has 0 aliphatic heterocycles. The zero-order chi connectivity index (χ0) is 13.3. The molecule has 0 spiro atoms. The average Bonchev–Trinajstić information content (AvgIpc) is 3.08. The molecule has 0 atom stereocenters. The molecule has 1 aromatic carbocycles. The van der Waals surface area contributed by atoms with Crippen LogP contribution in [0.4, 0.5) is 0 Å². The van der Waals surface area contributed by atoms with E-state index in [4.69, 9.17) is 0 Å². The van der Waals surface area contributed by atoms with Crippen LogP contribution >= 0.6 is 27.3 Å². The van der Waals surface area contributed by atoms with E-state index in [0.717, 1.165) is 35.7 Å². The maximum atomic E-state index is 13.0. The van der Waals surface area contributed by atoms with Gasteiger partial charge in [0.1, 0.15) is 0 Å². The first-order valence-corrected chi connectivity index (χ1v) is 8.30. The monoisotopic (exact) mass is 334 g/mol. The third-order valence-electron chi connectivity index (χ3n) is 4.08. The quantitative estimate of drug-likeness (QED) is 0.704. The van der Waals surface area contributed by atoms with E-state index in [0.29, 0.717) is 0 Å². The van der Waals surface area contributed by atoms with Crippen LogP contribution in [0.2, 0.25) is 0 Å². The van der Waals surface area contributed by atoms with Gasteiger partial charge in [-0.25, -0.2) is 0 Å². The smallest absolute Gasteiger partial charge is 0.175 e. The van der Waals surface area contributed by atoms with Crippen LogP contribution in [0.25, 0.3) is 0 Å². The van der Waals surface area contributed by atoms with Crippen molar-refractivity contribution in [1.82, 2.24) is 0 Å². The fourth-order valence-corrected chi connectivity index (χ4v) is 4.54. The summed E-state index contributed by atoms with van der Waals surface area (Å²) < 4.78 is 0.935. The van der Waals surface area contributed by atoms with Gasteiger partial charge in [0.2, 0.25) is 0 Å². The number of Topliss-reactive ketones (excluding diaryl/α,β-unsaturated/α-hetero) is 1. The minimum Gasteiger partial charge on any atom is -0.293 e. The van der Waals surface area contributed by atoms with Gasteiger partial charge in [-0.1, -0.05) is 43.2 Å². The number of ketones is 1. The summed E-state index contributed by atoms with van der Waals surface area (Å²) in [5.74, 6) is 0.282. The van der Waals surface area contributed by atoms with Gasteiger partial charge >= 0.3 is 0 Å². The van der Waals surface area contributed by atoms with Gasteiger partial charge in [-0.2, -0.15) is 11.3 Å². The SMILES string of the molecule is O=C(c1cscc1Br)C1(c2ccccc2)CCCC1. The molecule has 19 heavy (non-hydrogen) atoms. The van der Waals surface area contributed by atoms with Gasteiger partial charge in [0.05, 0.1) is 5.41 Å². The van der Waals surface area contributed by atoms with Crippen molar-refractivity contribution in [2.75, 3.05) is 0 Å². The molecule has 1 nitrogen and oxygen atoms in total. The Kier molecular flexibility index (Phi) is 3.59. The molecular weight excluding hydrogens is 320 g/mol. The van der Waals surface area contributed by atoms with E-state index >= 15 is 0 Å². The van der Waals surface area contributed by atoms with Crippen LogP contribution in [-0.4, -0.2) is 5.78 Å². The number of hydrogen-bond donors (Lipinski definition) is 0. The highest BCUT2D eigenvalue weighted by atomic mass is 79.9. The van der Waals surface area contributed by atoms with E-state index in [1.165, 1.54) is 5.56 Å². The van der Waals surface area contributed by atoms with Gasteiger partial charge < -0.3 is 0 Å². The van der Waals surface area contributed by atoms with Gasteiger partial charge in [-0.15, -0.1) is 0 Å². The Balaban J connectivity index is 2.07. The number of carbonyl (C=O) groups is 1. The number of hydrogen-bond acceptors (Lipinski definition) is 2. The van der Waals surface area contributed by atoms with Gasteiger partial charge in [0, 0.05) is 20.8 Å². The second kappa shape index (κ2) is 5.22. The van der Waals surface area contributed by atoms with Crippen molar-refractivity contribution in [3.63, 3.8) is 0 Å². The summed E-state index contributed by atoms with van der Waals surface area (Å²) in [6.45, 7) is 0. The largest absolute Gasteiger partial charge is 0.293 e. The molecule has 1 aliphatic carbocycles. The van der Waals surface area contributed by atoms with Crippen LogP contribution in [0.15, 0.2) is 45.6 Å². The Morgan fingerprint density at radius 1 is 1.11 bits per heavy atom. The van der Waals surface area contributed by atoms with Crippen LogP contribution < -0.4 is 0 Å². The van der Waals surface area contributed by atoms with Crippen molar-refractivity contribution < 1.29 is 4.79 Å². The average molecular weight is 335 g/mol. The molecule has 0 N–H and O–H groups in total. The van der Waals surface area contributed by atoms with Gasteiger partial charge in [0.15, 0.2) is 5.78 Å². The second-order valence-electron chi connectivity index (χ2n) is 5.12. The highest BCUT2D eigenvalue weighted by Gasteiger charge is 2.43. The molecule has 1 saturated carbocycles. The summed E-state index contributed by atoms with van der Waals surface area (Å²) in [5, 5.41) is 3.95. The van der Waals surface area contributed by atoms with Crippen molar-refractivity contribution in [3.8, 4) is 0 Å². The normalized spacial score (nSPS) is 17.5. The lowest BCUT2D eigenvalue weighted by Gasteiger charge is -2.28. The molecule has 0 saturated heterocycles. The standard InChI is InChI=1S/C16H15BrOS/c17-14-11-19-10-13(14)15(18)16(8-4-5-9-16)12-6-2-1-3-7-12/h1-3,6-7,10-11H,4-5,8-9H2. The molecule has 2 aromatic rings. The number of thiophene rings is 1. The van der Waals surface area contributed by atoms with E-state index in [2.05, 4.69) is 28.1 Å². The zero-order valence-corrected chi connectivity index (χ0v) is 13.0. The van der Waals surface area contributed by atoms with Gasteiger partial charge in [-0.3, -0.25) is 4.79 Å². The van der Waals surface area contributed by atoms with Crippen LogP contribution in [0.3, 0.4) is 0 Å². The molecule has 1 fully saturated rings. The molecule has 0 radical (unpaired) electrons. The first-order chi connectivity index (χ1) is 9.24. The second-order valence-corrected chi connectivity index (χ2v) is 6.72. The third-order valence-corrected chi connectivity index (χ3v) is 5.78. The Morgan fingerprint density at radius 3 is 2.37 bits per heavy atom. The Morgan fingerprint density at radius 2 is 1.79 bits per heavy atom. The molecule has 3 rings (SSSR count). The first kappa shape index (κ1) is 13.1. The van der Waals surface area contributed by atoms with E-state index in [-0.39, 0.29) is 11.2 Å². The van der Waals surface area contributed by atoms with Gasteiger partial charge in [0.25, 0.3) is 0 Å². The molecule has 98 valence electrons. The van der Waals surface area contributed by atoms with E-state index < -0.39 is 0 Å². The maximum Gasteiger partial charge on any atom is 0.175 e. The Bertz CT molecular complexity index is 582. The van der Waals surface area contributed by atoms with Crippen molar-refractivity contribution in [2.24, 2.45) is 0 Å². The highest BCUT2D eigenvalue weighted by molar-refractivity contribution is 9.10. The van der Waals surface area contributed by atoms with Crippen molar-refractivity contribution in [3.05, 3.63) is 56.7 Å². The zero-order valence-electron chi connectivity index (χ0n) is 10.6. The van der Waals surface area contributed by atoms with Gasteiger partial charge in [-0.05, 0) is 34.3 Å². The predicted octanol–water partition coefficient (Wildman–Crippen LogP) is 5.21. The lowest BCUT2D eigenvalue weighted by molar-refractivity contribution is 0.0886. The summed E-state index contributed by atoms with van der Waals surface area (Å²) in [6, 6.07) is 10.3. The topological polar surface area (TPSA) is 17.1 Å². The number of benzene rings is 1. The van der Waals surface area contributed by atoms with Crippen molar-refractivity contribution >= 4 is 33.0 Å². The fourth-order valence-electron chi connectivity index (χ4n) is 3.08.